The molecule has 0 bridgehead atoms. The fourth-order valence-electron chi connectivity index (χ4n) is 0. The summed E-state index contributed by atoms with van der Waals surface area (Å²) in [6, 6.07) is 0. The molecule has 0 spiro atoms. The van der Waals surface area contributed by atoms with Crippen LogP contribution in [0.3, 0.4) is 0 Å². The van der Waals surface area contributed by atoms with E-state index in [9.17, 15) is 0 Å². The zero-order valence-corrected chi connectivity index (χ0v) is 7.62. The van der Waals surface area contributed by atoms with E-state index in [0.717, 1.165) is 0 Å². The molecule has 0 saturated carbocycles. The summed E-state index contributed by atoms with van der Waals surface area (Å²) in [6.45, 7) is 0. The summed E-state index contributed by atoms with van der Waals surface area (Å²) in [7, 11) is -4.67. The van der Waals surface area contributed by atoms with Gasteiger partial charge in [-0.05, 0) is 0 Å². The van der Waals surface area contributed by atoms with Crippen molar-refractivity contribution < 1.29 is 39.5 Å². The van der Waals surface area contributed by atoms with E-state index in [-0.39, 0.29) is 5.48 Å². The van der Waals surface area contributed by atoms with Crippen LogP contribution in [0.4, 0.5) is 0 Å². The second-order valence-corrected chi connectivity index (χ2v) is 5.09. The SMILES string of the molecule is O.O=S(=O)(O)O.[NH2][Pd]([NH2])([NH2])[NH2]. The molecule has 11 heteroatoms. The molecule has 0 aromatic heterocycles. The Kier molecular flexibility index (Phi) is 9.37. The van der Waals surface area contributed by atoms with Crippen molar-refractivity contribution in [3.05, 3.63) is 0 Å². The number of rotatable bonds is 0. The van der Waals surface area contributed by atoms with Gasteiger partial charge in [0.15, 0.2) is 0 Å². The molecule has 0 radical (unpaired) electrons. The van der Waals surface area contributed by atoms with Crippen LogP contribution in [0.25, 0.3) is 0 Å². The Morgan fingerprint density at radius 2 is 1.00 bits per heavy atom. The molecule has 0 fully saturated rings. The van der Waals surface area contributed by atoms with Crippen molar-refractivity contribution in [1.82, 2.24) is 0 Å². The summed E-state index contributed by atoms with van der Waals surface area (Å²) >= 11 is -2.70. The molecule has 0 aromatic carbocycles. The molecule has 0 aliphatic rings. The zero-order valence-electron chi connectivity index (χ0n) is 5.24. The van der Waals surface area contributed by atoms with Gasteiger partial charge in [-0.3, -0.25) is 9.11 Å². The third kappa shape index (κ3) is 6490. The predicted molar refractivity (Wildman–Crippen MR) is 34.5 cm³/mol. The van der Waals surface area contributed by atoms with Gasteiger partial charge in [0.1, 0.15) is 0 Å². The molecule has 78 valence electrons. The topological polar surface area (TPSA) is 210 Å². The summed E-state index contributed by atoms with van der Waals surface area (Å²) in [5, 5.41) is 0. The van der Waals surface area contributed by atoms with Crippen LogP contribution in [0.2, 0.25) is 0 Å². The van der Waals surface area contributed by atoms with Gasteiger partial charge in [0.2, 0.25) is 0 Å². The zero-order chi connectivity index (χ0) is 9.00. The molecule has 0 heterocycles. The Morgan fingerprint density at radius 1 is 1.00 bits per heavy atom. The van der Waals surface area contributed by atoms with Gasteiger partial charge in [-0.2, -0.15) is 8.42 Å². The first-order valence-electron chi connectivity index (χ1n) is 1.43. The van der Waals surface area contributed by atoms with E-state index in [0.29, 0.717) is 0 Å². The number of nitrogens with two attached hydrogens (primary N) is 4. The Balaban J connectivity index is -0.000000107. The summed E-state index contributed by atoms with van der Waals surface area (Å²) < 4.78 is 50.9. The Labute approximate surface area is 67.8 Å². The number of hydrogen-bond acceptors (Lipinski definition) is 6. The minimum absolute atomic E-state index is 0. The second kappa shape index (κ2) is 5.92. The predicted octanol–water partition coefficient (Wildman–Crippen LogP) is -3.84. The average Bonchev–Trinajstić information content (AvgIpc) is 1.12. The van der Waals surface area contributed by atoms with Crippen molar-refractivity contribution in [2.45, 2.75) is 0 Å². The fraction of sp³-hybridized carbons (Fsp3) is 0. The minimum atomic E-state index is -4.67. The summed E-state index contributed by atoms with van der Waals surface area (Å²) in [5.74, 6) is 0. The third-order valence-corrected chi connectivity index (χ3v) is 0. The van der Waals surface area contributed by atoms with Gasteiger partial charge in [0.05, 0.1) is 0 Å². The van der Waals surface area contributed by atoms with Gasteiger partial charge < -0.3 is 5.48 Å². The van der Waals surface area contributed by atoms with E-state index in [4.69, 9.17) is 35.0 Å². The first-order valence-corrected chi connectivity index (χ1v) is 6.42. The molecule has 11 heavy (non-hydrogen) atoms. The van der Waals surface area contributed by atoms with E-state index < -0.39 is 26.9 Å². The van der Waals surface area contributed by atoms with Crippen LogP contribution < -0.4 is 17.5 Å². The molecule has 0 amide bonds. The van der Waals surface area contributed by atoms with Gasteiger partial charge in [-0.15, -0.1) is 0 Å². The Hall–Kier alpha value is 0.332. The van der Waals surface area contributed by atoms with Gasteiger partial charge in [0.25, 0.3) is 0 Å². The first-order chi connectivity index (χ1) is 4.00. The monoisotopic (exact) mass is 286 g/mol. The number of hydrogen-bond donors (Lipinski definition) is 6. The molecular formula is H12N4O5PdS. The van der Waals surface area contributed by atoms with Crippen LogP contribution in [0.1, 0.15) is 0 Å². The molecule has 0 saturated heterocycles. The normalized spacial score (nSPS) is 12.2. The van der Waals surface area contributed by atoms with Gasteiger partial charge in [0, 0.05) is 0 Å². The van der Waals surface area contributed by atoms with Crippen LogP contribution in [0, 0.1) is 0 Å². The molecule has 12 N–H and O–H groups in total. The van der Waals surface area contributed by atoms with E-state index in [1.54, 1.807) is 0 Å². The Morgan fingerprint density at radius 3 is 1.00 bits per heavy atom. The van der Waals surface area contributed by atoms with Crippen LogP contribution in [-0.2, 0) is 26.9 Å². The maximum atomic E-state index is 8.74. The van der Waals surface area contributed by atoms with Crippen LogP contribution >= 0.6 is 0 Å². The van der Waals surface area contributed by atoms with Gasteiger partial charge >= 0.3 is 44.4 Å². The third-order valence-electron chi connectivity index (χ3n) is 0. The summed E-state index contributed by atoms with van der Waals surface area (Å²) in [4.78, 5) is 0. The van der Waals surface area contributed by atoms with Crippen molar-refractivity contribution in [2.24, 2.45) is 17.5 Å². The van der Waals surface area contributed by atoms with Crippen molar-refractivity contribution >= 4 is 10.4 Å². The van der Waals surface area contributed by atoms with Crippen molar-refractivity contribution in [2.75, 3.05) is 0 Å². The quantitative estimate of drug-likeness (QED) is 0.191. The molecule has 0 rings (SSSR count). The van der Waals surface area contributed by atoms with Crippen LogP contribution in [0.15, 0.2) is 0 Å². The molecular weight excluding hydrogens is 275 g/mol. The van der Waals surface area contributed by atoms with E-state index in [1.807, 2.05) is 0 Å². The summed E-state index contributed by atoms with van der Waals surface area (Å²) in [5.41, 5.74) is 0. The molecule has 9 nitrogen and oxygen atoms in total. The second-order valence-electron chi connectivity index (χ2n) is 1.08. The maximum absolute atomic E-state index is 8.74. The molecule has 0 unspecified atom stereocenters. The van der Waals surface area contributed by atoms with Crippen LogP contribution in [-0.4, -0.2) is 23.0 Å². The van der Waals surface area contributed by atoms with Crippen LogP contribution in [0.5, 0.6) is 0 Å². The van der Waals surface area contributed by atoms with E-state index >= 15 is 0 Å². The van der Waals surface area contributed by atoms with Gasteiger partial charge in [-0.25, -0.2) is 0 Å². The van der Waals surface area contributed by atoms with Crippen molar-refractivity contribution in [1.29, 1.82) is 0 Å². The van der Waals surface area contributed by atoms with E-state index in [2.05, 4.69) is 0 Å². The van der Waals surface area contributed by atoms with Crippen molar-refractivity contribution in [3.63, 3.8) is 0 Å². The molecule has 0 atom stereocenters. The first kappa shape index (κ1) is 17.4. The molecule has 0 aromatic rings. The van der Waals surface area contributed by atoms with Gasteiger partial charge in [-0.1, -0.05) is 0 Å². The van der Waals surface area contributed by atoms with E-state index in [1.165, 1.54) is 0 Å². The average molecular weight is 287 g/mol. The molecule has 0 aliphatic carbocycles. The standard InChI is InChI=1S/4H2N.H2O4S.H2O.Pd/c;;;;1-5(2,3)4;;/h4*1H2;(H2,1,2,3,4);1H2;/q4*-1;;;+4. The van der Waals surface area contributed by atoms with Crippen molar-refractivity contribution in [3.8, 4) is 0 Å². The fourth-order valence-corrected chi connectivity index (χ4v) is 0. The summed E-state index contributed by atoms with van der Waals surface area (Å²) in [6.07, 6.45) is 0. The Bertz CT molecular complexity index is 153. The molecule has 0 aliphatic heterocycles.